The zero-order valence-electron chi connectivity index (χ0n) is 9.23. The van der Waals surface area contributed by atoms with Crippen molar-refractivity contribution in [1.82, 2.24) is 4.98 Å². The number of nitrogens with zero attached hydrogens (tertiary/aromatic N) is 1. The zero-order chi connectivity index (χ0) is 10.7. The quantitative estimate of drug-likeness (QED) is 0.811. The topological polar surface area (TPSA) is 22.1 Å². The van der Waals surface area contributed by atoms with E-state index >= 15 is 0 Å². The summed E-state index contributed by atoms with van der Waals surface area (Å²) in [6.45, 7) is 5.31. The summed E-state index contributed by atoms with van der Waals surface area (Å²) in [7, 11) is 0. The Bertz CT molecular complexity index is 307. The van der Waals surface area contributed by atoms with Crippen LogP contribution in [0.5, 0.6) is 0 Å². The van der Waals surface area contributed by atoms with E-state index in [4.69, 9.17) is 4.74 Å². The maximum absolute atomic E-state index is 5.72. The Morgan fingerprint density at radius 1 is 1.67 bits per heavy atom. The first kappa shape index (κ1) is 11.4. The van der Waals surface area contributed by atoms with E-state index in [0.717, 1.165) is 29.5 Å². The molecule has 1 aromatic heterocycles. The molecule has 2 unspecified atom stereocenters. The van der Waals surface area contributed by atoms with Crippen LogP contribution in [0.25, 0.3) is 0 Å². The Hall–Kier alpha value is -0.0600. The molecule has 4 heteroatoms. The van der Waals surface area contributed by atoms with E-state index in [9.17, 15) is 0 Å². The van der Waals surface area contributed by atoms with Gasteiger partial charge in [-0.1, -0.05) is 13.8 Å². The van der Waals surface area contributed by atoms with Crippen molar-refractivity contribution in [3.05, 3.63) is 16.1 Å². The third-order valence-electron chi connectivity index (χ3n) is 2.75. The largest absolute Gasteiger partial charge is 0.369 e. The molecule has 2 nitrogen and oxygen atoms in total. The van der Waals surface area contributed by atoms with Gasteiger partial charge in [-0.25, -0.2) is 4.98 Å². The molecule has 0 spiro atoms. The fourth-order valence-electron chi connectivity index (χ4n) is 1.51. The van der Waals surface area contributed by atoms with Gasteiger partial charge in [0.1, 0.15) is 11.1 Å². The Kier molecular flexibility index (Phi) is 4.05. The van der Waals surface area contributed by atoms with Crippen LogP contribution in [0.1, 0.15) is 43.0 Å². The van der Waals surface area contributed by atoms with Gasteiger partial charge in [0.05, 0.1) is 12.3 Å². The highest BCUT2D eigenvalue weighted by molar-refractivity contribution is 7.99. The van der Waals surface area contributed by atoms with Gasteiger partial charge < -0.3 is 4.74 Å². The number of rotatable bonds is 3. The predicted molar refractivity (Wildman–Crippen MR) is 66.8 cm³/mol. The maximum atomic E-state index is 5.72. The summed E-state index contributed by atoms with van der Waals surface area (Å²) in [6.07, 6.45) is 1.40. The van der Waals surface area contributed by atoms with Crippen molar-refractivity contribution in [2.75, 3.05) is 18.1 Å². The second kappa shape index (κ2) is 5.32. The normalized spacial score (nSPS) is 24.0. The average Bonchev–Trinajstić information content (AvgIpc) is 2.78. The van der Waals surface area contributed by atoms with Crippen molar-refractivity contribution in [3.8, 4) is 0 Å². The van der Waals surface area contributed by atoms with Gasteiger partial charge in [-0.2, -0.15) is 11.8 Å². The molecule has 0 bridgehead atoms. The molecule has 1 aliphatic heterocycles. The lowest BCUT2D eigenvalue weighted by molar-refractivity contribution is 0.0754. The first-order valence-electron chi connectivity index (χ1n) is 5.46. The minimum absolute atomic E-state index is 0.242. The van der Waals surface area contributed by atoms with E-state index in [1.807, 2.05) is 11.8 Å². The molecular weight excluding hydrogens is 226 g/mol. The van der Waals surface area contributed by atoms with E-state index in [1.165, 1.54) is 5.69 Å². The number of thiazole rings is 1. The second-order valence-electron chi connectivity index (χ2n) is 3.85. The van der Waals surface area contributed by atoms with E-state index in [1.54, 1.807) is 11.3 Å². The summed E-state index contributed by atoms with van der Waals surface area (Å²) in [4.78, 5) is 4.68. The molecule has 0 N–H and O–H groups in total. The van der Waals surface area contributed by atoms with Crippen molar-refractivity contribution in [2.24, 2.45) is 0 Å². The summed E-state index contributed by atoms with van der Waals surface area (Å²) < 4.78 is 5.72. The molecule has 1 aliphatic rings. The third kappa shape index (κ3) is 2.74. The van der Waals surface area contributed by atoms with Crippen LogP contribution in [0, 0.1) is 0 Å². The molecule has 84 valence electrons. The lowest BCUT2D eigenvalue weighted by Gasteiger charge is -2.20. The van der Waals surface area contributed by atoms with Gasteiger partial charge in [0.2, 0.25) is 0 Å². The Balaban J connectivity index is 2.05. The lowest BCUT2D eigenvalue weighted by Crippen LogP contribution is -2.15. The van der Waals surface area contributed by atoms with Crippen LogP contribution in [0.3, 0.4) is 0 Å². The van der Waals surface area contributed by atoms with Crippen LogP contribution in [-0.4, -0.2) is 23.1 Å². The average molecular weight is 243 g/mol. The van der Waals surface area contributed by atoms with Crippen molar-refractivity contribution >= 4 is 23.1 Å². The van der Waals surface area contributed by atoms with Crippen molar-refractivity contribution in [1.29, 1.82) is 0 Å². The van der Waals surface area contributed by atoms with Gasteiger partial charge in [-0.3, -0.25) is 0 Å². The van der Waals surface area contributed by atoms with Crippen molar-refractivity contribution < 1.29 is 4.74 Å². The highest BCUT2D eigenvalue weighted by Crippen LogP contribution is 2.30. The van der Waals surface area contributed by atoms with Crippen LogP contribution >= 0.6 is 23.1 Å². The van der Waals surface area contributed by atoms with Gasteiger partial charge in [-0.05, 0) is 12.3 Å². The molecule has 0 radical (unpaired) electrons. The van der Waals surface area contributed by atoms with Gasteiger partial charge >= 0.3 is 0 Å². The molecule has 0 aromatic carbocycles. The van der Waals surface area contributed by atoms with Gasteiger partial charge in [0.25, 0.3) is 0 Å². The minimum atomic E-state index is 0.242. The summed E-state index contributed by atoms with van der Waals surface area (Å²) in [6, 6.07) is 0. The molecule has 1 saturated heterocycles. The zero-order valence-corrected chi connectivity index (χ0v) is 10.9. The second-order valence-corrected chi connectivity index (χ2v) is 5.89. The molecule has 1 fully saturated rings. The smallest absolute Gasteiger partial charge is 0.123 e. The highest BCUT2D eigenvalue weighted by atomic mass is 32.2. The van der Waals surface area contributed by atoms with E-state index in [2.05, 4.69) is 24.2 Å². The molecule has 0 saturated carbocycles. The van der Waals surface area contributed by atoms with Crippen LogP contribution in [-0.2, 0) is 4.74 Å². The monoisotopic (exact) mass is 243 g/mol. The molecule has 2 heterocycles. The molecule has 2 atom stereocenters. The highest BCUT2D eigenvalue weighted by Gasteiger charge is 2.20. The Labute approximate surface area is 99.4 Å². The first-order valence-corrected chi connectivity index (χ1v) is 7.49. The standard InChI is InChI=1S/C11H17NOS2/c1-3-8(2)9-6-15-11(12-9)10-7-14-5-4-13-10/h6,8,10H,3-5,7H2,1-2H3. The van der Waals surface area contributed by atoms with Gasteiger partial charge in [0, 0.05) is 16.9 Å². The number of hydrogen-bond donors (Lipinski definition) is 0. The molecular formula is C11H17NOS2. The molecule has 2 rings (SSSR count). The SMILES string of the molecule is CCC(C)c1csc(C2CSCCO2)n1. The number of ether oxygens (including phenoxy) is 1. The van der Waals surface area contributed by atoms with E-state index in [-0.39, 0.29) is 6.10 Å². The lowest BCUT2D eigenvalue weighted by atomic mass is 10.1. The van der Waals surface area contributed by atoms with Gasteiger partial charge in [-0.15, -0.1) is 11.3 Å². The fraction of sp³-hybridized carbons (Fsp3) is 0.727. The number of aromatic nitrogens is 1. The van der Waals surface area contributed by atoms with Crippen LogP contribution in [0.15, 0.2) is 5.38 Å². The summed E-state index contributed by atoms with van der Waals surface area (Å²) >= 11 is 3.71. The summed E-state index contributed by atoms with van der Waals surface area (Å²) in [5.41, 5.74) is 1.23. The van der Waals surface area contributed by atoms with Gasteiger partial charge in [0.15, 0.2) is 0 Å². The number of hydrogen-bond acceptors (Lipinski definition) is 4. The van der Waals surface area contributed by atoms with Crippen molar-refractivity contribution in [3.63, 3.8) is 0 Å². The Morgan fingerprint density at radius 2 is 2.53 bits per heavy atom. The predicted octanol–water partition coefficient (Wildman–Crippen LogP) is 3.46. The maximum Gasteiger partial charge on any atom is 0.123 e. The molecule has 0 amide bonds. The molecule has 15 heavy (non-hydrogen) atoms. The minimum Gasteiger partial charge on any atom is -0.369 e. The number of thioether (sulfide) groups is 1. The third-order valence-corrected chi connectivity index (χ3v) is 4.70. The van der Waals surface area contributed by atoms with E-state index < -0.39 is 0 Å². The van der Waals surface area contributed by atoms with Crippen LogP contribution < -0.4 is 0 Å². The summed E-state index contributed by atoms with van der Waals surface area (Å²) in [5, 5.41) is 3.35. The van der Waals surface area contributed by atoms with E-state index in [0.29, 0.717) is 5.92 Å². The molecule has 1 aromatic rings. The van der Waals surface area contributed by atoms with Crippen molar-refractivity contribution in [2.45, 2.75) is 32.3 Å². The first-order chi connectivity index (χ1) is 7.31. The fourth-order valence-corrected chi connectivity index (χ4v) is 3.46. The Morgan fingerprint density at radius 3 is 3.20 bits per heavy atom. The van der Waals surface area contributed by atoms with Crippen LogP contribution in [0.2, 0.25) is 0 Å². The molecule has 0 aliphatic carbocycles. The van der Waals surface area contributed by atoms with Crippen LogP contribution in [0.4, 0.5) is 0 Å². The summed E-state index contributed by atoms with van der Waals surface area (Å²) in [5.74, 6) is 2.76.